The molecule has 0 rings (SSSR count). The third-order valence-electron chi connectivity index (χ3n) is 2.01. The molecule has 0 spiro atoms. The van der Waals surface area contributed by atoms with Crippen molar-refractivity contribution < 1.29 is 44.4 Å². The van der Waals surface area contributed by atoms with Gasteiger partial charge in [-0.3, -0.25) is 14.4 Å². The van der Waals surface area contributed by atoms with Gasteiger partial charge in [0, 0.05) is 17.6 Å². The van der Waals surface area contributed by atoms with Crippen LogP contribution in [0.5, 0.6) is 0 Å². The zero-order chi connectivity index (χ0) is 15.2. The topological polar surface area (TPSA) is 166 Å². The lowest BCUT2D eigenvalue weighted by molar-refractivity contribution is -0.147. The van der Waals surface area contributed by atoms with Gasteiger partial charge in [-0.15, -0.1) is 0 Å². The van der Waals surface area contributed by atoms with Gasteiger partial charge in [-0.2, -0.15) is 0 Å². The summed E-state index contributed by atoms with van der Waals surface area (Å²) in [7, 11) is 0. The fourth-order valence-electron chi connectivity index (χ4n) is 1.22. The van der Waals surface area contributed by atoms with E-state index in [2.05, 4.69) is 0 Å². The second kappa shape index (κ2) is 6.89. The van der Waals surface area contributed by atoms with E-state index in [1.807, 2.05) is 0 Å². The molecule has 0 aliphatic rings. The van der Waals surface area contributed by atoms with Crippen LogP contribution < -0.4 is 0 Å². The SMILES string of the molecule is O=C(O)CC/C(C(=O)O)=C(\CC(=O)O)C(=O)C(=O)O. The largest absolute Gasteiger partial charge is 0.481 e. The van der Waals surface area contributed by atoms with Crippen LogP contribution in [-0.2, 0) is 24.0 Å². The van der Waals surface area contributed by atoms with Gasteiger partial charge in [-0.05, 0) is 6.42 Å². The number of hydrogen-bond donors (Lipinski definition) is 4. The molecule has 0 fully saturated rings. The van der Waals surface area contributed by atoms with Gasteiger partial charge in [0.15, 0.2) is 0 Å². The molecule has 0 saturated heterocycles. The minimum absolute atomic E-state index is 0.647. The maximum Gasteiger partial charge on any atom is 0.376 e. The summed E-state index contributed by atoms with van der Waals surface area (Å²) in [5.41, 5.74) is -1.76. The summed E-state index contributed by atoms with van der Waals surface area (Å²) in [5, 5.41) is 34.3. The molecule has 0 atom stereocenters. The Morgan fingerprint density at radius 2 is 1.16 bits per heavy atom. The van der Waals surface area contributed by atoms with E-state index in [-0.39, 0.29) is 0 Å². The molecule has 4 N–H and O–H groups in total. The summed E-state index contributed by atoms with van der Waals surface area (Å²) >= 11 is 0. The van der Waals surface area contributed by atoms with E-state index in [9.17, 15) is 24.0 Å². The Kier molecular flexibility index (Phi) is 5.91. The Bertz CT molecular complexity index is 471. The molecule has 104 valence electrons. The molecule has 0 unspecified atom stereocenters. The van der Waals surface area contributed by atoms with Crippen molar-refractivity contribution >= 4 is 29.7 Å². The summed E-state index contributed by atoms with van der Waals surface area (Å²) in [6.07, 6.45) is -2.42. The standard InChI is InChI=1S/C10H10O9/c11-6(12)2-1-4(9(16)17)5(3-7(13)14)8(15)10(18)19/h1-3H2,(H,11,12)(H,13,14)(H,16,17)(H,18,19)/b5-4-. The molecule has 19 heavy (non-hydrogen) atoms. The van der Waals surface area contributed by atoms with E-state index in [0.717, 1.165) is 0 Å². The maximum absolute atomic E-state index is 11.2. The first kappa shape index (κ1) is 16.3. The van der Waals surface area contributed by atoms with Crippen LogP contribution in [0.15, 0.2) is 11.1 Å². The number of carboxylic acids is 4. The van der Waals surface area contributed by atoms with Gasteiger partial charge in [0.05, 0.1) is 6.42 Å². The molecule has 9 nitrogen and oxygen atoms in total. The van der Waals surface area contributed by atoms with E-state index in [1.165, 1.54) is 0 Å². The lowest BCUT2D eigenvalue weighted by Crippen LogP contribution is -2.22. The van der Waals surface area contributed by atoms with Crippen molar-refractivity contribution in [3.8, 4) is 0 Å². The number of ketones is 1. The van der Waals surface area contributed by atoms with Gasteiger partial charge in [-0.1, -0.05) is 0 Å². The number of rotatable bonds is 8. The molecular weight excluding hydrogens is 264 g/mol. The molecule has 0 heterocycles. The highest BCUT2D eigenvalue weighted by Gasteiger charge is 2.27. The van der Waals surface area contributed by atoms with Gasteiger partial charge < -0.3 is 20.4 Å². The van der Waals surface area contributed by atoms with Gasteiger partial charge in [-0.25, -0.2) is 9.59 Å². The van der Waals surface area contributed by atoms with E-state index in [4.69, 9.17) is 20.4 Å². The summed E-state index contributed by atoms with van der Waals surface area (Å²) in [6.45, 7) is 0. The van der Waals surface area contributed by atoms with Crippen molar-refractivity contribution in [2.75, 3.05) is 0 Å². The average Bonchev–Trinajstić information content (AvgIpc) is 2.25. The van der Waals surface area contributed by atoms with Crippen molar-refractivity contribution in [1.82, 2.24) is 0 Å². The predicted molar refractivity (Wildman–Crippen MR) is 56.4 cm³/mol. The van der Waals surface area contributed by atoms with Crippen molar-refractivity contribution in [3.05, 3.63) is 11.1 Å². The molecule has 0 aromatic carbocycles. The molecule has 0 aromatic rings. The van der Waals surface area contributed by atoms with Crippen LogP contribution in [0.1, 0.15) is 19.3 Å². The highest BCUT2D eigenvalue weighted by atomic mass is 16.4. The van der Waals surface area contributed by atoms with E-state index in [0.29, 0.717) is 0 Å². The number of Topliss-reactive ketones (excluding diaryl/α,β-unsaturated/α-hetero) is 1. The lowest BCUT2D eigenvalue weighted by Gasteiger charge is -2.07. The van der Waals surface area contributed by atoms with Crippen LogP contribution in [0.3, 0.4) is 0 Å². The van der Waals surface area contributed by atoms with Crippen molar-refractivity contribution in [3.63, 3.8) is 0 Å². The molecule has 0 bridgehead atoms. The first-order valence-electron chi connectivity index (χ1n) is 4.83. The van der Waals surface area contributed by atoms with Crippen LogP contribution in [0.4, 0.5) is 0 Å². The van der Waals surface area contributed by atoms with Crippen molar-refractivity contribution in [2.24, 2.45) is 0 Å². The normalized spacial score (nSPS) is 11.4. The van der Waals surface area contributed by atoms with Gasteiger partial charge in [0.2, 0.25) is 0 Å². The number of aliphatic carboxylic acids is 4. The van der Waals surface area contributed by atoms with E-state index in [1.54, 1.807) is 0 Å². The second-order valence-electron chi connectivity index (χ2n) is 3.36. The molecule has 0 aliphatic heterocycles. The third-order valence-corrected chi connectivity index (χ3v) is 2.01. The van der Waals surface area contributed by atoms with Crippen molar-refractivity contribution in [2.45, 2.75) is 19.3 Å². The summed E-state index contributed by atoms with van der Waals surface area (Å²) in [4.78, 5) is 53.5. The smallest absolute Gasteiger partial charge is 0.376 e. The Morgan fingerprint density at radius 1 is 0.632 bits per heavy atom. The number of hydrogen-bond acceptors (Lipinski definition) is 5. The van der Waals surface area contributed by atoms with E-state index >= 15 is 0 Å². The van der Waals surface area contributed by atoms with Crippen LogP contribution in [-0.4, -0.2) is 50.1 Å². The minimum Gasteiger partial charge on any atom is -0.481 e. The maximum atomic E-state index is 11.2. The van der Waals surface area contributed by atoms with Gasteiger partial charge in [0.1, 0.15) is 0 Å². The molecule has 0 aliphatic carbocycles. The zero-order valence-corrected chi connectivity index (χ0v) is 9.45. The average molecular weight is 274 g/mol. The highest BCUT2D eigenvalue weighted by Crippen LogP contribution is 2.17. The summed E-state index contributed by atoms with van der Waals surface area (Å²) in [6, 6.07) is 0. The Labute approximate surface area is 105 Å². The molecule has 0 saturated carbocycles. The van der Waals surface area contributed by atoms with Gasteiger partial charge >= 0.3 is 23.9 Å². The Balaban J connectivity index is 5.62. The van der Waals surface area contributed by atoms with Gasteiger partial charge in [0.25, 0.3) is 5.78 Å². The predicted octanol–water partition coefficient (Wildman–Crippen LogP) is -0.639. The minimum atomic E-state index is -2.01. The number of carbonyl (C=O) groups excluding carboxylic acids is 1. The number of carbonyl (C=O) groups is 5. The molecule has 0 radical (unpaired) electrons. The Hall–Kier alpha value is -2.71. The monoisotopic (exact) mass is 274 g/mol. The zero-order valence-electron chi connectivity index (χ0n) is 9.45. The third kappa shape index (κ3) is 5.44. The first-order chi connectivity index (χ1) is 8.66. The molecular formula is C10H10O9. The fourth-order valence-corrected chi connectivity index (χ4v) is 1.22. The highest BCUT2D eigenvalue weighted by molar-refractivity contribution is 6.41. The summed E-state index contributed by atoms with van der Waals surface area (Å²) < 4.78 is 0. The van der Waals surface area contributed by atoms with Crippen molar-refractivity contribution in [1.29, 1.82) is 0 Å². The molecule has 0 amide bonds. The summed E-state index contributed by atoms with van der Waals surface area (Å²) in [5.74, 6) is -8.38. The fraction of sp³-hybridized carbons (Fsp3) is 0.300. The van der Waals surface area contributed by atoms with Crippen LogP contribution >= 0.6 is 0 Å². The lowest BCUT2D eigenvalue weighted by atomic mass is 9.97. The quantitative estimate of drug-likeness (QED) is 0.332. The Morgan fingerprint density at radius 3 is 1.47 bits per heavy atom. The second-order valence-corrected chi connectivity index (χ2v) is 3.36. The first-order valence-corrected chi connectivity index (χ1v) is 4.83. The van der Waals surface area contributed by atoms with Crippen LogP contribution in [0.25, 0.3) is 0 Å². The molecule has 9 heteroatoms. The molecule has 0 aromatic heterocycles. The van der Waals surface area contributed by atoms with Crippen LogP contribution in [0.2, 0.25) is 0 Å². The number of carboxylic acid groups (broad SMARTS) is 4. The van der Waals surface area contributed by atoms with E-state index < -0.39 is 60.1 Å². The van der Waals surface area contributed by atoms with Crippen LogP contribution in [0, 0.1) is 0 Å².